The molecule has 0 bridgehead atoms. The van der Waals surface area contributed by atoms with E-state index in [1.54, 1.807) is 0 Å². The van der Waals surface area contributed by atoms with Gasteiger partial charge in [-0.25, -0.2) is 0 Å². The zero-order valence-electron chi connectivity index (χ0n) is 17.2. The summed E-state index contributed by atoms with van der Waals surface area (Å²) >= 11 is 9.74. The van der Waals surface area contributed by atoms with E-state index < -0.39 is 0 Å². The molecule has 1 aliphatic heterocycles. The monoisotopic (exact) mass is 480 g/mol. The van der Waals surface area contributed by atoms with Gasteiger partial charge in [-0.05, 0) is 84.2 Å². The molecule has 1 heterocycles. The molecular weight excluding hydrogens is 452 g/mol. The summed E-state index contributed by atoms with van der Waals surface area (Å²) in [6.45, 7) is 9.43. The average molecular weight is 482 g/mol. The number of hydrogen-bond acceptors (Lipinski definition) is 4. The van der Waals surface area contributed by atoms with Crippen LogP contribution in [0.5, 0.6) is 11.5 Å². The van der Waals surface area contributed by atoms with E-state index in [1.807, 2.05) is 31.2 Å². The fourth-order valence-electron chi connectivity index (χ4n) is 3.83. The lowest BCUT2D eigenvalue weighted by Crippen LogP contribution is -2.37. The molecule has 0 saturated carbocycles. The lowest BCUT2D eigenvalue weighted by molar-refractivity contribution is 0.259. The lowest BCUT2D eigenvalue weighted by atomic mass is 10.1. The minimum atomic E-state index is 0.436. The van der Waals surface area contributed by atoms with Gasteiger partial charge >= 0.3 is 0 Å². The van der Waals surface area contributed by atoms with E-state index in [1.165, 1.54) is 24.9 Å². The van der Waals surface area contributed by atoms with Crippen molar-refractivity contribution in [3.63, 3.8) is 0 Å². The summed E-state index contributed by atoms with van der Waals surface area (Å²) in [6, 6.07) is 12.5. The van der Waals surface area contributed by atoms with Crippen LogP contribution in [0.15, 0.2) is 40.9 Å². The minimum Gasteiger partial charge on any atom is -0.490 e. The smallest absolute Gasteiger partial charge is 0.175 e. The average Bonchev–Trinajstić information content (AvgIpc) is 3.15. The van der Waals surface area contributed by atoms with Crippen LogP contribution in [0.3, 0.4) is 0 Å². The van der Waals surface area contributed by atoms with Gasteiger partial charge in [-0.2, -0.15) is 0 Å². The number of likely N-dealkylation sites (tertiary alicyclic amines) is 1. The molecule has 0 spiro atoms. The van der Waals surface area contributed by atoms with E-state index in [9.17, 15) is 0 Å². The van der Waals surface area contributed by atoms with Gasteiger partial charge in [-0.1, -0.05) is 30.7 Å². The lowest BCUT2D eigenvalue weighted by Gasteiger charge is -2.23. The van der Waals surface area contributed by atoms with Gasteiger partial charge in [-0.15, -0.1) is 0 Å². The summed E-state index contributed by atoms with van der Waals surface area (Å²) in [5.74, 6) is 1.49. The van der Waals surface area contributed by atoms with Crippen molar-refractivity contribution in [2.24, 2.45) is 0 Å². The quantitative estimate of drug-likeness (QED) is 0.475. The number of nitrogens with zero attached hydrogens (tertiary/aromatic N) is 1. The van der Waals surface area contributed by atoms with Crippen LogP contribution in [-0.2, 0) is 13.2 Å². The van der Waals surface area contributed by atoms with Gasteiger partial charge in [0.05, 0.1) is 11.1 Å². The Balaban J connectivity index is 1.64. The maximum Gasteiger partial charge on any atom is 0.175 e. The molecule has 1 aliphatic rings. The van der Waals surface area contributed by atoms with E-state index in [0.717, 1.165) is 41.2 Å². The Morgan fingerprint density at radius 3 is 2.79 bits per heavy atom. The molecule has 1 saturated heterocycles. The van der Waals surface area contributed by atoms with E-state index in [4.69, 9.17) is 21.1 Å². The molecule has 0 aromatic heterocycles. The summed E-state index contributed by atoms with van der Waals surface area (Å²) in [4.78, 5) is 2.56. The van der Waals surface area contributed by atoms with Gasteiger partial charge in [0, 0.05) is 24.2 Å². The molecule has 6 heteroatoms. The van der Waals surface area contributed by atoms with Crippen molar-refractivity contribution < 1.29 is 9.47 Å². The minimum absolute atomic E-state index is 0.436. The van der Waals surface area contributed by atoms with Crippen molar-refractivity contribution in [1.82, 2.24) is 10.2 Å². The summed E-state index contributed by atoms with van der Waals surface area (Å²) < 4.78 is 12.8. The second-order valence-electron chi connectivity index (χ2n) is 7.31. The molecule has 2 aromatic carbocycles. The van der Waals surface area contributed by atoms with Crippen LogP contribution in [0.4, 0.5) is 0 Å². The maximum atomic E-state index is 6.07. The van der Waals surface area contributed by atoms with Gasteiger partial charge < -0.3 is 14.8 Å². The number of likely N-dealkylation sites (N-methyl/N-ethyl adjacent to an activating group) is 1. The third-order valence-corrected chi connectivity index (χ3v) is 6.08. The largest absolute Gasteiger partial charge is 0.490 e. The molecule has 3 rings (SSSR count). The normalized spacial score (nSPS) is 16.9. The Hall–Kier alpha value is -1.27. The first kappa shape index (κ1) is 22.4. The molecule has 0 radical (unpaired) electrons. The molecule has 29 heavy (non-hydrogen) atoms. The van der Waals surface area contributed by atoms with Crippen LogP contribution < -0.4 is 14.8 Å². The number of rotatable bonds is 10. The summed E-state index contributed by atoms with van der Waals surface area (Å²) in [5, 5.41) is 4.32. The van der Waals surface area contributed by atoms with Crippen molar-refractivity contribution in [3.8, 4) is 11.5 Å². The standard InChI is InChI=1S/C23H30BrClN2O2/c1-3-27-10-6-9-20(27)15-26-14-18-12-21(24)23(22(13-18)28-4-2)29-16-17-7-5-8-19(25)11-17/h5,7-8,11-13,20,26H,3-4,6,9-10,14-16H2,1-2H3. The van der Waals surface area contributed by atoms with Crippen LogP contribution >= 0.6 is 27.5 Å². The first-order valence-electron chi connectivity index (χ1n) is 10.4. The number of benzene rings is 2. The van der Waals surface area contributed by atoms with Gasteiger partial charge in [0.25, 0.3) is 0 Å². The van der Waals surface area contributed by atoms with Crippen molar-refractivity contribution in [2.45, 2.75) is 45.9 Å². The highest BCUT2D eigenvalue weighted by Gasteiger charge is 2.22. The summed E-state index contributed by atoms with van der Waals surface area (Å²) in [5.41, 5.74) is 2.20. The third-order valence-electron chi connectivity index (χ3n) is 5.26. The molecule has 0 aliphatic carbocycles. The van der Waals surface area contributed by atoms with E-state index in [2.05, 4.69) is 45.2 Å². The Morgan fingerprint density at radius 2 is 2.03 bits per heavy atom. The molecule has 2 aromatic rings. The van der Waals surface area contributed by atoms with E-state index >= 15 is 0 Å². The Kier molecular flexibility index (Phi) is 8.67. The molecule has 1 unspecified atom stereocenters. The zero-order chi connectivity index (χ0) is 20.6. The molecule has 0 amide bonds. The first-order valence-corrected chi connectivity index (χ1v) is 11.5. The van der Waals surface area contributed by atoms with E-state index in [-0.39, 0.29) is 0 Å². The van der Waals surface area contributed by atoms with Crippen LogP contribution in [0.25, 0.3) is 0 Å². The Labute approximate surface area is 187 Å². The van der Waals surface area contributed by atoms with Crippen molar-refractivity contribution >= 4 is 27.5 Å². The topological polar surface area (TPSA) is 33.7 Å². The summed E-state index contributed by atoms with van der Waals surface area (Å²) in [6.07, 6.45) is 2.59. The van der Waals surface area contributed by atoms with E-state index in [0.29, 0.717) is 24.3 Å². The maximum absolute atomic E-state index is 6.07. The van der Waals surface area contributed by atoms with Crippen molar-refractivity contribution in [1.29, 1.82) is 0 Å². The van der Waals surface area contributed by atoms with Gasteiger partial charge in [-0.3, -0.25) is 4.90 Å². The molecular formula is C23H30BrClN2O2. The fourth-order valence-corrected chi connectivity index (χ4v) is 4.65. The second-order valence-corrected chi connectivity index (χ2v) is 8.60. The fraction of sp³-hybridized carbons (Fsp3) is 0.478. The second kappa shape index (κ2) is 11.2. The Bertz CT molecular complexity index is 802. The first-order chi connectivity index (χ1) is 14.1. The highest BCUT2D eigenvalue weighted by atomic mass is 79.9. The van der Waals surface area contributed by atoms with Crippen LogP contribution in [-0.4, -0.2) is 37.2 Å². The predicted molar refractivity (Wildman–Crippen MR) is 123 cm³/mol. The number of ether oxygens (including phenoxy) is 2. The van der Waals surface area contributed by atoms with Crippen molar-refractivity contribution in [3.05, 3.63) is 57.0 Å². The number of nitrogens with one attached hydrogen (secondary N) is 1. The van der Waals surface area contributed by atoms with Gasteiger partial charge in [0.15, 0.2) is 11.5 Å². The van der Waals surface area contributed by atoms with Gasteiger partial charge in [0.2, 0.25) is 0 Å². The highest BCUT2D eigenvalue weighted by Crippen LogP contribution is 2.37. The zero-order valence-corrected chi connectivity index (χ0v) is 19.6. The number of hydrogen-bond donors (Lipinski definition) is 1. The van der Waals surface area contributed by atoms with Crippen molar-refractivity contribution in [2.75, 3.05) is 26.2 Å². The Morgan fingerprint density at radius 1 is 1.17 bits per heavy atom. The third kappa shape index (κ3) is 6.35. The highest BCUT2D eigenvalue weighted by molar-refractivity contribution is 9.10. The van der Waals surface area contributed by atoms with Crippen LogP contribution in [0, 0.1) is 0 Å². The van der Waals surface area contributed by atoms with Gasteiger partial charge in [0.1, 0.15) is 6.61 Å². The number of halogens is 2. The molecule has 1 N–H and O–H groups in total. The van der Waals surface area contributed by atoms with Crippen LogP contribution in [0.2, 0.25) is 5.02 Å². The molecule has 4 nitrogen and oxygen atoms in total. The van der Waals surface area contributed by atoms with Crippen LogP contribution in [0.1, 0.15) is 37.8 Å². The molecule has 1 fully saturated rings. The predicted octanol–water partition coefficient (Wildman–Crippen LogP) is 5.65. The summed E-state index contributed by atoms with van der Waals surface area (Å²) in [7, 11) is 0. The SMILES string of the molecule is CCOc1cc(CNCC2CCCN2CC)cc(Br)c1OCc1cccc(Cl)c1. The molecule has 1 atom stereocenters. The molecule has 158 valence electrons.